The summed E-state index contributed by atoms with van der Waals surface area (Å²) in [5, 5.41) is 0. The SMILES string of the molecule is COc1cccc([C@H]2CC(=O)N(c3ccccc3F)C3=C2C(=O)CC(C)(C)C3)c1OC. The molecule has 1 aliphatic heterocycles. The number of allylic oxidation sites excluding steroid dienone is 2. The molecule has 1 amide bonds. The zero-order chi connectivity index (χ0) is 22.3. The molecule has 0 radical (unpaired) electrons. The number of hydrogen-bond donors (Lipinski definition) is 0. The molecule has 0 fully saturated rings. The molecule has 0 saturated heterocycles. The molecule has 5 nitrogen and oxygen atoms in total. The number of ether oxygens (including phenoxy) is 2. The number of ketones is 1. The first-order valence-electron chi connectivity index (χ1n) is 10.3. The molecule has 0 N–H and O–H groups in total. The molecular formula is C25H26FNO4. The number of benzene rings is 2. The maximum absolute atomic E-state index is 14.7. The minimum Gasteiger partial charge on any atom is -0.493 e. The first-order chi connectivity index (χ1) is 14.8. The minimum absolute atomic E-state index is 0.0186. The van der Waals surface area contributed by atoms with Crippen LogP contribution >= 0.6 is 0 Å². The molecule has 6 heteroatoms. The van der Waals surface area contributed by atoms with Gasteiger partial charge in [-0.05, 0) is 30.0 Å². The lowest BCUT2D eigenvalue weighted by Gasteiger charge is -2.43. The monoisotopic (exact) mass is 423 g/mol. The molecular weight excluding hydrogens is 397 g/mol. The van der Waals surface area contributed by atoms with Crippen molar-refractivity contribution >= 4 is 17.4 Å². The van der Waals surface area contributed by atoms with Crippen LogP contribution in [-0.2, 0) is 9.59 Å². The number of para-hydroxylation sites is 2. The Morgan fingerprint density at radius 2 is 1.74 bits per heavy atom. The van der Waals surface area contributed by atoms with Crippen LogP contribution in [-0.4, -0.2) is 25.9 Å². The summed E-state index contributed by atoms with van der Waals surface area (Å²) in [5.74, 6) is -0.185. The van der Waals surface area contributed by atoms with Crippen molar-refractivity contribution in [3.05, 3.63) is 65.1 Å². The highest BCUT2D eigenvalue weighted by molar-refractivity contribution is 6.08. The van der Waals surface area contributed by atoms with E-state index in [1.165, 1.54) is 11.0 Å². The van der Waals surface area contributed by atoms with E-state index < -0.39 is 11.7 Å². The van der Waals surface area contributed by atoms with Gasteiger partial charge in [0.15, 0.2) is 17.3 Å². The molecule has 1 atom stereocenters. The molecule has 2 aliphatic rings. The third kappa shape index (κ3) is 3.60. The lowest BCUT2D eigenvalue weighted by molar-refractivity contribution is -0.121. The van der Waals surface area contributed by atoms with Crippen molar-refractivity contribution in [3.63, 3.8) is 0 Å². The van der Waals surface area contributed by atoms with Crippen LogP contribution in [0.5, 0.6) is 11.5 Å². The van der Waals surface area contributed by atoms with Gasteiger partial charge in [-0.1, -0.05) is 38.1 Å². The van der Waals surface area contributed by atoms with Crippen LogP contribution in [0.4, 0.5) is 10.1 Å². The summed E-state index contributed by atoms with van der Waals surface area (Å²) in [6, 6.07) is 11.6. The van der Waals surface area contributed by atoms with E-state index in [0.717, 1.165) is 5.56 Å². The first kappa shape index (κ1) is 21.1. The van der Waals surface area contributed by atoms with Gasteiger partial charge in [-0.2, -0.15) is 0 Å². The van der Waals surface area contributed by atoms with Crippen LogP contribution in [0.3, 0.4) is 0 Å². The molecule has 162 valence electrons. The number of halogens is 1. The smallest absolute Gasteiger partial charge is 0.232 e. The van der Waals surface area contributed by atoms with Crippen molar-refractivity contribution in [2.75, 3.05) is 19.1 Å². The standard InChI is InChI=1S/C25H26FNO4/c1-25(2)13-19-23(20(28)14-25)16(15-8-7-11-21(30-3)24(15)31-4)12-22(29)27(19)18-10-6-5-9-17(18)26/h5-11,16H,12-14H2,1-4H3/t16-/m1/s1. The number of Topliss-reactive ketones (excluding diaryl/α,β-unsaturated/α-hetero) is 1. The third-order valence-electron chi connectivity index (χ3n) is 6.05. The molecule has 2 aromatic carbocycles. The zero-order valence-corrected chi connectivity index (χ0v) is 18.2. The predicted molar refractivity (Wildman–Crippen MR) is 116 cm³/mol. The van der Waals surface area contributed by atoms with Gasteiger partial charge < -0.3 is 9.47 Å². The second-order valence-electron chi connectivity index (χ2n) is 8.82. The summed E-state index contributed by atoms with van der Waals surface area (Å²) in [4.78, 5) is 28.2. The molecule has 0 spiro atoms. The van der Waals surface area contributed by atoms with Crippen LogP contribution < -0.4 is 14.4 Å². The second kappa shape index (κ2) is 7.84. The Morgan fingerprint density at radius 1 is 1.00 bits per heavy atom. The average Bonchev–Trinajstić information content (AvgIpc) is 2.72. The van der Waals surface area contributed by atoms with Crippen molar-refractivity contribution in [1.29, 1.82) is 0 Å². The summed E-state index contributed by atoms with van der Waals surface area (Å²) in [5.41, 5.74) is 1.72. The van der Waals surface area contributed by atoms with E-state index in [4.69, 9.17) is 9.47 Å². The van der Waals surface area contributed by atoms with Gasteiger partial charge in [-0.15, -0.1) is 0 Å². The maximum atomic E-state index is 14.7. The Kier molecular flexibility index (Phi) is 5.33. The van der Waals surface area contributed by atoms with E-state index >= 15 is 0 Å². The van der Waals surface area contributed by atoms with E-state index in [0.29, 0.717) is 35.6 Å². The fourth-order valence-corrected chi connectivity index (χ4v) is 4.78. The lowest BCUT2D eigenvalue weighted by Crippen LogP contribution is -2.44. The largest absolute Gasteiger partial charge is 0.493 e. The number of nitrogens with zero attached hydrogens (tertiary/aromatic N) is 1. The van der Waals surface area contributed by atoms with Gasteiger partial charge in [0.1, 0.15) is 5.82 Å². The van der Waals surface area contributed by atoms with E-state index in [2.05, 4.69) is 0 Å². The van der Waals surface area contributed by atoms with Gasteiger partial charge in [0, 0.05) is 35.6 Å². The van der Waals surface area contributed by atoms with Crippen molar-refractivity contribution in [1.82, 2.24) is 0 Å². The highest BCUT2D eigenvalue weighted by atomic mass is 19.1. The van der Waals surface area contributed by atoms with Crippen LogP contribution in [0.25, 0.3) is 0 Å². The van der Waals surface area contributed by atoms with Crippen LogP contribution in [0.1, 0.15) is 44.6 Å². The lowest BCUT2D eigenvalue weighted by atomic mass is 9.69. The van der Waals surface area contributed by atoms with Gasteiger partial charge in [0.05, 0.1) is 19.9 Å². The molecule has 0 aromatic heterocycles. The summed E-state index contributed by atoms with van der Waals surface area (Å²) in [7, 11) is 3.09. The normalized spacial score (nSPS) is 20.5. The number of carbonyl (C=O) groups excluding carboxylic acids is 2. The van der Waals surface area contributed by atoms with E-state index in [1.54, 1.807) is 38.5 Å². The van der Waals surface area contributed by atoms with Crippen molar-refractivity contribution in [3.8, 4) is 11.5 Å². The summed E-state index contributed by atoms with van der Waals surface area (Å²) in [6.45, 7) is 3.99. The molecule has 31 heavy (non-hydrogen) atoms. The Labute approximate surface area is 181 Å². The molecule has 4 rings (SSSR count). The molecule has 0 bridgehead atoms. The predicted octanol–water partition coefficient (Wildman–Crippen LogP) is 5.01. The third-order valence-corrected chi connectivity index (χ3v) is 6.05. The van der Waals surface area contributed by atoms with Gasteiger partial charge in [-0.25, -0.2) is 4.39 Å². The minimum atomic E-state index is -0.490. The van der Waals surface area contributed by atoms with Gasteiger partial charge >= 0.3 is 0 Å². The summed E-state index contributed by atoms with van der Waals surface area (Å²) < 4.78 is 25.7. The van der Waals surface area contributed by atoms with Crippen molar-refractivity contribution in [2.24, 2.45) is 5.41 Å². The second-order valence-corrected chi connectivity index (χ2v) is 8.82. The fraction of sp³-hybridized carbons (Fsp3) is 0.360. The highest BCUT2D eigenvalue weighted by Crippen LogP contribution is 2.50. The Morgan fingerprint density at radius 3 is 2.42 bits per heavy atom. The van der Waals surface area contributed by atoms with Gasteiger partial charge in [-0.3, -0.25) is 14.5 Å². The molecule has 1 aliphatic carbocycles. The zero-order valence-electron chi connectivity index (χ0n) is 18.2. The molecule has 0 unspecified atom stereocenters. The van der Waals surface area contributed by atoms with Crippen LogP contribution in [0.15, 0.2) is 53.7 Å². The van der Waals surface area contributed by atoms with Crippen LogP contribution in [0, 0.1) is 11.2 Å². The van der Waals surface area contributed by atoms with Crippen molar-refractivity contribution < 1.29 is 23.5 Å². The quantitative estimate of drug-likeness (QED) is 0.694. The number of carbonyl (C=O) groups is 2. The van der Waals surface area contributed by atoms with Gasteiger partial charge in [0.25, 0.3) is 0 Å². The van der Waals surface area contributed by atoms with E-state index in [9.17, 15) is 14.0 Å². The number of anilines is 1. The molecule has 0 saturated carbocycles. The van der Waals surface area contributed by atoms with Gasteiger partial charge in [0.2, 0.25) is 5.91 Å². The van der Waals surface area contributed by atoms with E-state index in [-0.39, 0.29) is 29.2 Å². The number of amides is 1. The van der Waals surface area contributed by atoms with Crippen LogP contribution in [0.2, 0.25) is 0 Å². The molecule has 1 heterocycles. The number of methoxy groups -OCH3 is 2. The van der Waals surface area contributed by atoms with E-state index in [1.807, 2.05) is 26.0 Å². The summed E-state index contributed by atoms with van der Waals surface area (Å²) >= 11 is 0. The maximum Gasteiger partial charge on any atom is 0.232 e. The Balaban J connectivity index is 1.95. The first-order valence-corrected chi connectivity index (χ1v) is 10.3. The number of rotatable bonds is 4. The Hall–Kier alpha value is -3.15. The molecule has 2 aromatic rings. The topological polar surface area (TPSA) is 55.8 Å². The highest BCUT2D eigenvalue weighted by Gasteiger charge is 2.45. The fourth-order valence-electron chi connectivity index (χ4n) is 4.78. The van der Waals surface area contributed by atoms with Crippen molar-refractivity contribution in [2.45, 2.75) is 39.0 Å². The summed E-state index contributed by atoms with van der Waals surface area (Å²) in [6.07, 6.45) is 0.910. The number of hydrogen-bond acceptors (Lipinski definition) is 4. The average molecular weight is 423 g/mol. The Bertz CT molecular complexity index is 1090.